The average molecular weight is 223 g/mol. The van der Waals surface area contributed by atoms with Crippen LogP contribution in [-0.2, 0) is 0 Å². The van der Waals surface area contributed by atoms with Gasteiger partial charge in [-0.15, -0.1) is 0 Å². The summed E-state index contributed by atoms with van der Waals surface area (Å²) in [7, 11) is 0. The van der Waals surface area contributed by atoms with Crippen molar-refractivity contribution in [2.75, 3.05) is 30.3 Å². The van der Waals surface area contributed by atoms with Crippen LogP contribution in [-0.4, -0.2) is 40.5 Å². The molecule has 1 saturated heterocycles. The first-order valence-corrected chi connectivity index (χ1v) is 5.43. The minimum atomic E-state index is -0.905. The molecule has 0 saturated carbocycles. The highest BCUT2D eigenvalue weighted by Crippen LogP contribution is 2.25. The molecule has 1 aromatic rings. The molecule has 1 aliphatic rings. The van der Waals surface area contributed by atoms with Crippen LogP contribution in [0.2, 0.25) is 0 Å². The standard InChI is InChI=1S/C11H17N3O2/c12-10-2-1-9(7-13-10)14-5-3-11(16,8-15)4-6-14/h1-2,7,15-16H,3-6,8H2,(H2,12,13). The maximum absolute atomic E-state index is 9.88. The predicted molar refractivity (Wildman–Crippen MR) is 62.1 cm³/mol. The normalized spacial score (nSPS) is 19.8. The van der Waals surface area contributed by atoms with Crippen LogP contribution in [0.4, 0.5) is 11.5 Å². The highest BCUT2D eigenvalue weighted by atomic mass is 16.3. The number of nitrogens with two attached hydrogens (primary N) is 1. The van der Waals surface area contributed by atoms with Crippen molar-refractivity contribution in [2.45, 2.75) is 18.4 Å². The molecule has 88 valence electrons. The van der Waals surface area contributed by atoms with Crippen LogP contribution in [0, 0.1) is 0 Å². The summed E-state index contributed by atoms with van der Waals surface area (Å²) in [5.74, 6) is 0.507. The zero-order chi connectivity index (χ0) is 11.6. The fraction of sp³-hybridized carbons (Fsp3) is 0.545. The van der Waals surface area contributed by atoms with Gasteiger partial charge in [-0.2, -0.15) is 0 Å². The number of hydrogen-bond donors (Lipinski definition) is 3. The summed E-state index contributed by atoms with van der Waals surface area (Å²) in [6.07, 6.45) is 2.89. The van der Waals surface area contributed by atoms with E-state index in [1.807, 2.05) is 6.07 Å². The second-order valence-corrected chi connectivity index (χ2v) is 4.31. The molecule has 0 aromatic carbocycles. The number of nitrogens with zero attached hydrogens (tertiary/aromatic N) is 2. The van der Waals surface area contributed by atoms with Gasteiger partial charge in [0.15, 0.2) is 0 Å². The van der Waals surface area contributed by atoms with Crippen molar-refractivity contribution in [3.05, 3.63) is 18.3 Å². The molecule has 0 atom stereocenters. The number of aliphatic hydroxyl groups is 2. The number of piperidine rings is 1. The lowest BCUT2D eigenvalue weighted by atomic mass is 9.92. The highest BCUT2D eigenvalue weighted by molar-refractivity contribution is 5.48. The maximum atomic E-state index is 9.88. The van der Waals surface area contributed by atoms with Crippen LogP contribution in [0.25, 0.3) is 0 Å². The van der Waals surface area contributed by atoms with E-state index < -0.39 is 5.60 Å². The first kappa shape index (κ1) is 11.2. The molecular weight excluding hydrogens is 206 g/mol. The molecule has 1 aliphatic heterocycles. The van der Waals surface area contributed by atoms with Crippen molar-refractivity contribution in [1.82, 2.24) is 4.98 Å². The molecule has 0 radical (unpaired) electrons. The van der Waals surface area contributed by atoms with E-state index in [9.17, 15) is 5.11 Å². The maximum Gasteiger partial charge on any atom is 0.123 e. The molecule has 1 fully saturated rings. The van der Waals surface area contributed by atoms with Crippen LogP contribution < -0.4 is 10.6 Å². The predicted octanol–water partition coefficient (Wildman–Crippen LogP) is -0.0126. The number of nitrogen functional groups attached to an aromatic ring is 1. The van der Waals surface area contributed by atoms with Crippen molar-refractivity contribution in [2.24, 2.45) is 0 Å². The first-order valence-electron chi connectivity index (χ1n) is 5.43. The van der Waals surface area contributed by atoms with E-state index in [0.29, 0.717) is 18.7 Å². The molecule has 0 amide bonds. The van der Waals surface area contributed by atoms with E-state index in [1.165, 1.54) is 0 Å². The fourth-order valence-electron chi connectivity index (χ4n) is 1.92. The molecule has 5 heteroatoms. The van der Waals surface area contributed by atoms with Gasteiger partial charge in [-0.3, -0.25) is 0 Å². The van der Waals surface area contributed by atoms with Gasteiger partial charge in [0.25, 0.3) is 0 Å². The summed E-state index contributed by atoms with van der Waals surface area (Å²) in [6.45, 7) is 1.28. The van der Waals surface area contributed by atoms with E-state index in [-0.39, 0.29) is 6.61 Å². The van der Waals surface area contributed by atoms with E-state index in [1.54, 1.807) is 12.3 Å². The van der Waals surface area contributed by atoms with E-state index in [2.05, 4.69) is 9.88 Å². The van der Waals surface area contributed by atoms with Gasteiger partial charge in [-0.1, -0.05) is 0 Å². The van der Waals surface area contributed by atoms with Crippen LogP contribution in [0.5, 0.6) is 0 Å². The van der Waals surface area contributed by atoms with Crippen molar-refractivity contribution in [3.63, 3.8) is 0 Å². The Balaban J connectivity index is 2.01. The van der Waals surface area contributed by atoms with Crippen LogP contribution in [0.3, 0.4) is 0 Å². The molecule has 4 N–H and O–H groups in total. The number of hydrogen-bond acceptors (Lipinski definition) is 5. The van der Waals surface area contributed by atoms with E-state index in [4.69, 9.17) is 10.8 Å². The third kappa shape index (κ3) is 2.25. The van der Waals surface area contributed by atoms with Crippen LogP contribution >= 0.6 is 0 Å². The Morgan fingerprint density at radius 3 is 2.56 bits per heavy atom. The van der Waals surface area contributed by atoms with Crippen molar-refractivity contribution < 1.29 is 10.2 Å². The van der Waals surface area contributed by atoms with Gasteiger partial charge in [-0.25, -0.2) is 4.98 Å². The minimum Gasteiger partial charge on any atom is -0.393 e. The van der Waals surface area contributed by atoms with Crippen LogP contribution in [0.15, 0.2) is 18.3 Å². The Bertz CT molecular complexity index is 345. The second-order valence-electron chi connectivity index (χ2n) is 4.31. The van der Waals surface area contributed by atoms with Gasteiger partial charge in [0.2, 0.25) is 0 Å². The first-order chi connectivity index (χ1) is 7.63. The largest absolute Gasteiger partial charge is 0.393 e. The zero-order valence-electron chi connectivity index (χ0n) is 9.13. The van der Waals surface area contributed by atoms with Gasteiger partial charge < -0.3 is 20.8 Å². The lowest BCUT2D eigenvalue weighted by molar-refractivity contribution is -0.0325. The number of anilines is 2. The third-order valence-electron chi connectivity index (χ3n) is 3.12. The Kier molecular flexibility index (Phi) is 2.98. The molecule has 0 spiro atoms. The molecule has 5 nitrogen and oxygen atoms in total. The molecule has 0 bridgehead atoms. The molecule has 2 heterocycles. The number of aliphatic hydroxyl groups excluding tert-OH is 1. The van der Waals surface area contributed by atoms with Gasteiger partial charge in [0.1, 0.15) is 5.82 Å². The summed E-state index contributed by atoms with van der Waals surface area (Å²) in [5.41, 5.74) is 5.62. The zero-order valence-corrected chi connectivity index (χ0v) is 9.13. The highest BCUT2D eigenvalue weighted by Gasteiger charge is 2.31. The van der Waals surface area contributed by atoms with E-state index in [0.717, 1.165) is 18.8 Å². The summed E-state index contributed by atoms with van der Waals surface area (Å²) < 4.78 is 0. The SMILES string of the molecule is Nc1ccc(N2CCC(O)(CO)CC2)cn1. The number of aromatic nitrogens is 1. The minimum absolute atomic E-state index is 0.166. The Hall–Kier alpha value is -1.33. The Labute approximate surface area is 94.5 Å². The molecule has 0 aliphatic carbocycles. The Morgan fingerprint density at radius 2 is 2.06 bits per heavy atom. The molecule has 2 rings (SSSR count). The summed E-state index contributed by atoms with van der Waals surface area (Å²) >= 11 is 0. The lowest BCUT2D eigenvalue weighted by Gasteiger charge is -2.38. The van der Waals surface area contributed by atoms with Crippen LogP contribution in [0.1, 0.15) is 12.8 Å². The second kappa shape index (κ2) is 4.27. The average Bonchev–Trinajstić information content (AvgIpc) is 2.32. The number of pyridine rings is 1. The smallest absolute Gasteiger partial charge is 0.123 e. The molecule has 16 heavy (non-hydrogen) atoms. The van der Waals surface area contributed by atoms with E-state index >= 15 is 0 Å². The summed E-state index contributed by atoms with van der Waals surface area (Å²) in [5, 5.41) is 18.9. The quantitative estimate of drug-likeness (QED) is 0.656. The molecule has 1 aromatic heterocycles. The van der Waals surface area contributed by atoms with Gasteiger partial charge in [0, 0.05) is 13.1 Å². The fourth-order valence-corrected chi connectivity index (χ4v) is 1.92. The topological polar surface area (TPSA) is 82.6 Å². The Morgan fingerprint density at radius 1 is 1.38 bits per heavy atom. The van der Waals surface area contributed by atoms with Crippen molar-refractivity contribution >= 4 is 11.5 Å². The summed E-state index contributed by atoms with van der Waals surface area (Å²) in [6, 6.07) is 3.69. The summed E-state index contributed by atoms with van der Waals surface area (Å²) in [4.78, 5) is 6.17. The molecular formula is C11H17N3O2. The third-order valence-corrected chi connectivity index (χ3v) is 3.12. The number of rotatable bonds is 2. The van der Waals surface area contributed by atoms with Gasteiger partial charge >= 0.3 is 0 Å². The van der Waals surface area contributed by atoms with Gasteiger partial charge in [-0.05, 0) is 25.0 Å². The molecule has 0 unspecified atom stereocenters. The monoisotopic (exact) mass is 223 g/mol. The van der Waals surface area contributed by atoms with Crippen molar-refractivity contribution in [3.8, 4) is 0 Å². The van der Waals surface area contributed by atoms with Gasteiger partial charge in [0.05, 0.1) is 24.1 Å². The lowest BCUT2D eigenvalue weighted by Crippen LogP contribution is -2.46. The van der Waals surface area contributed by atoms with Crippen molar-refractivity contribution in [1.29, 1.82) is 0 Å².